The lowest BCUT2D eigenvalue weighted by molar-refractivity contribution is -0.114. The summed E-state index contributed by atoms with van der Waals surface area (Å²) < 4.78 is 26.1. The van der Waals surface area contributed by atoms with Gasteiger partial charge >= 0.3 is 0 Å². The third-order valence-corrected chi connectivity index (χ3v) is 5.50. The van der Waals surface area contributed by atoms with Crippen molar-refractivity contribution in [2.24, 2.45) is 0 Å². The van der Waals surface area contributed by atoms with Crippen molar-refractivity contribution in [3.63, 3.8) is 0 Å². The van der Waals surface area contributed by atoms with Gasteiger partial charge in [0.25, 0.3) is 10.0 Å². The van der Waals surface area contributed by atoms with Gasteiger partial charge in [-0.05, 0) is 12.8 Å². The molecule has 0 spiro atoms. The van der Waals surface area contributed by atoms with Gasteiger partial charge in [0.2, 0.25) is 15.4 Å². The highest BCUT2D eigenvalue weighted by molar-refractivity contribution is 9.09. The average Bonchev–Trinajstić information content (AvgIpc) is 2.82. The number of carbonyl (C=O) groups excluding carboxylic acids is 1. The molecule has 0 unspecified atom stereocenters. The molecule has 0 atom stereocenters. The van der Waals surface area contributed by atoms with E-state index in [1.54, 1.807) is 0 Å². The Kier molecular flexibility index (Phi) is 7.56. The maximum Gasteiger partial charge on any atom is 0.269 e. The smallest absolute Gasteiger partial charge is 0.269 e. The number of nitrogens with one attached hydrogen (secondary N) is 2. The van der Waals surface area contributed by atoms with Gasteiger partial charge in [0.15, 0.2) is 0 Å². The van der Waals surface area contributed by atoms with E-state index in [9.17, 15) is 13.2 Å². The first-order valence-electron chi connectivity index (χ1n) is 6.12. The Hall–Kier alpha value is -0.580. The largest absolute Gasteiger partial charge is 0.301 e. The Morgan fingerprint density at radius 2 is 1.95 bits per heavy atom. The number of carbonyl (C=O) groups is 1. The molecule has 1 rings (SSSR count). The Labute approximate surface area is 130 Å². The van der Waals surface area contributed by atoms with Gasteiger partial charge in [0, 0.05) is 18.8 Å². The van der Waals surface area contributed by atoms with Gasteiger partial charge in [0.05, 0.1) is 0 Å². The van der Waals surface area contributed by atoms with Crippen molar-refractivity contribution in [2.75, 3.05) is 17.2 Å². The highest BCUT2D eigenvalue weighted by Crippen LogP contribution is 2.19. The molecule has 1 aromatic heterocycles. The van der Waals surface area contributed by atoms with Crippen LogP contribution >= 0.6 is 27.3 Å². The van der Waals surface area contributed by atoms with Crippen molar-refractivity contribution in [1.82, 2.24) is 14.9 Å². The van der Waals surface area contributed by atoms with Crippen LogP contribution in [0.25, 0.3) is 0 Å². The number of rotatable bonds is 9. The minimum Gasteiger partial charge on any atom is -0.301 e. The van der Waals surface area contributed by atoms with E-state index in [0.717, 1.165) is 42.4 Å². The summed E-state index contributed by atoms with van der Waals surface area (Å²) >= 11 is 4.17. The Morgan fingerprint density at radius 3 is 2.60 bits per heavy atom. The van der Waals surface area contributed by atoms with Crippen LogP contribution in [0.2, 0.25) is 0 Å². The fraction of sp³-hybridized carbons (Fsp3) is 0.700. The molecule has 0 aliphatic carbocycles. The summed E-state index contributed by atoms with van der Waals surface area (Å²) in [4.78, 5) is 10.8. The zero-order valence-electron chi connectivity index (χ0n) is 11.1. The first-order chi connectivity index (χ1) is 9.45. The van der Waals surface area contributed by atoms with E-state index in [0.29, 0.717) is 6.54 Å². The third-order valence-electron chi connectivity index (χ3n) is 2.27. The molecular formula is C10H17BrN4O3S2. The summed E-state index contributed by atoms with van der Waals surface area (Å²) in [5.41, 5.74) is 0. The van der Waals surface area contributed by atoms with Crippen molar-refractivity contribution in [2.45, 2.75) is 36.9 Å². The molecule has 0 saturated carbocycles. The minimum absolute atomic E-state index is 0.137. The van der Waals surface area contributed by atoms with Crippen molar-refractivity contribution in [3.8, 4) is 0 Å². The molecule has 1 heterocycles. The van der Waals surface area contributed by atoms with Crippen LogP contribution in [0.4, 0.5) is 5.13 Å². The second-order valence-electron chi connectivity index (χ2n) is 4.06. The predicted molar refractivity (Wildman–Crippen MR) is 81.7 cm³/mol. The number of halogens is 1. The number of nitrogens with zero attached hydrogens (tertiary/aromatic N) is 2. The fourth-order valence-electron chi connectivity index (χ4n) is 1.36. The molecule has 0 aromatic carbocycles. The first-order valence-corrected chi connectivity index (χ1v) is 9.54. The Balaban J connectivity index is 2.43. The highest BCUT2D eigenvalue weighted by Gasteiger charge is 2.19. The molecule has 0 aliphatic heterocycles. The van der Waals surface area contributed by atoms with Gasteiger partial charge < -0.3 is 5.32 Å². The van der Waals surface area contributed by atoms with E-state index in [4.69, 9.17) is 0 Å². The third kappa shape index (κ3) is 6.25. The lowest BCUT2D eigenvalue weighted by Crippen LogP contribution is -2.24. The van der Waals surface area contributed by atoms with Crippen molar-refractivity contribution in [3.05, 3.63) is 0 Å². The number of hydrogen-bond donors (Lipinski definition) is 2. The van der Waals surface area contributed by atoms with Crippen LogP contribution in [-0.4, -0.2) is 36.4 Å². The van der Waals surface area contributed by atoms with Gasteiger partial charge in [-0.2, -0.15) is 0 Å². The maximum absolute atomic E-state index is 11.9. The number of alkyl halides is 1. The van der Waals surface area contributed by atoms with Crippen LogP contribution < -0.4 is 10.0 Å². The number of anilines is 1. The predicted octanol–water partition coefficient (Wildman–Crippen LogP) is 1.73. The molecule has 0 bridgehead atoms. The molecule has 2 N–H and O–H groups in total. The van der Waals surface area contributed by atoms with Gasteiger partial charge in [-0.15, -0.1) is 10.2 Å². The molecule has 10 heteroatoms. The summed E-state index contributed by atoms with van der Waals surface area (Å²) in [6.45, 7) is 1.69. The Bertz CT molecular complexity index is 532. The molecule has 0 fully saturated rings. The number of unbranched alkanes of at least 4 members (excludes halogenated alkanes) is 3. The van der Waals surface area contributed by atoms with Crippen LogP contribution in [0.3, 0.4) is 0 Å². The van der Waals surface area contributed by atoms with Crippen LogP contribution in [-0.2, 0) is 14.8 Å². The molecule has 0 saturated heterocycles. The average molecular weight is 385 g/mol. The molecule has 1 aromatic rings. The highest BCUT2D eigenvalue weighted by atomic mass is 79.9. The van der Waals surface area contributed by atoms with E-state index in [1.165, 1.54) is 6.92 Å². The van der Waals surface area contributed by atoms with Crippen molar-refractivity contribution >= 4 is 48.3 Å². The topological polar surface area (TPSA) is 101 Å². The summed E-state index contributed by atoms with van der Waals surface area (Å²) in [5.74, 6) is -0.315. The van der Waals surface area contributed by atoms with Crippen LogP contribution in [0.15, 0.2) is 4.34 Å². The molecule has 1 amide bonds. The summed E-state index contributed by atoms with van der Waals surface area (Å²) in [7, 11) is -3.63. The van der Waals surface area contributed by atoms with Crippen LogP contribution in [0.5, 0.6) is 0 Å². The normalized spacial score (nSPS) is 11.5. The Morgan fingerprint density at radius 1 is 1.25 bits per heavy atom. The van der Waals surface area contributed by atoms with E-state index in [1.807, 2.05) is 0 Å². The van der Waals surface area contributed by atoms with Gasteiger partial charge in [-0.3, -0.25) is 4.79 Å². The van der Waals surface area contributed by atoms with Gasteiger partial charge in [-0.25, -0.2) is 13.1 Å². The second kappa shape index (κ2) is 8.65. The van der Waals surface area contributed by atoms with Gasteiger partial charge in [0.1, 0.15) is 0 Å². The monoisotopic (exact) mass is 384 g/mol. The quantitative estimate of drug-likeness (QED) is 0.383. The van der Waals surface area contributed by atoms with E-state index >= 15 is 0 Å². The maximum atomic E-state index is 11.9. The second-order valence-corrected chi connectivity index (χ2v) is 7.77. The first kappa shape index (κ1) is 17.5. The lowest BCUT2D eigenvalue weighted by Gasteiger charge is -2.02. The van der Waals surface area contributed by atoms with Crippen molar-refractivity contribution < 1.29 is 13.2 Å². The molecule has 20 heavy (non-hydrogen) atoms. The van der Waals surface area contributed by atoms with Crippen LogP contribution in [0.1, 0.15) is 32.6 Å². The fourth-order valence-corrected chi connectivity index (χ4v) is 3.82. The zero-order chi connectivity index (χ0) is 15.0. The number of aromatic nitrogens is 2. The summed E-state index contributed by atoms with van der Waals surface area (Å²) in [5, 5.41) is 10.7. The number of sulfonamides is 1. The SMILES string of the molecule is CC(=O)Nc1nnc(S(=O)(=O)NCCCCCCBr)s1. The zero-order valence-corrected chi connectivity index (χ0v) is 14.3. The molecule has 7 nitrogen and oxygen atoms in total. The molecular weight excluding hydrogens is 368 g/mol. The van der Waals surface area contributed by atoms with Gasteiger partial charge in [-0.1, -0.05) is 40.1 Å². The molecule has 0 aliphatic rings. The van der Waals surface area contributed by atoms with Crippen molar-refractivity contribution in [1.29, 1.82) is 0 Å². The summed E-state index contributed by atoms with van der Waals surface area (Å²) in [6.07, 6.45) is 3.91. The van der Waals surface area contributed by atoms with E-state index in [-0.39, 0.29) is 15.4 Å². The van der Waals surface area contributed by atoms with E-state index in [2.05, 4.69) is 36.2 Å². The summed E-state index contributed by atoms with van der Waals surface area (Å²) in [6, 6.07) is 0. The molecule has 0 radical (unpaired) electrons. The minimum atomic E-state index is -3.63. The van der Waals surface area contributed by atoms with E-state index < -0.39 is 10.0 Å². The standard InChI is InChI=1S/C10H17BrN4O3S2/c1-8(16)13-9-14-15-10(19-9)20(17,18)12-7-5-3-2-4-6-11/h12H,2-7H2,1H3,(H,13,14,16). The number of hydrogen-bond acceptors (Lipinski definition) is 6. The molecule has 114 valence electrons. The number of amides is 1. The lowest BCUT2D eigenvalue weighted by atomic mass is 10.2. The van der Waals surface area contributed by atoms with Crippen LogP contribution in [0, 0.1) is 0 Å².